The fraction of sp³-hybridized carbons (Fsp3) is 0.562. The Balaban J connectivity index is 2.56. The van der Waals surface area contributed by atoms with Crippen LogP contribution in [0.1, 0.15) is 50.2 Å². The van der Waals surface area contributed by atoms with Crippen LogP contribution in [0, 0.1) is 12.8 Å². The number of fused-ring (bicyclic) bond motifs is 1. The van der Waals surface area contributed by atoms with Crippen LogP contribution in [-0.4, -0.2) is 21.5 Å². The number of aromatic nitrogens is 2. The number of hydrogen-bond donors (Lipinski definition) is 1. The standard InChI is InChI=1S/C16H23N3O3/c1-6-10(4)18-14(20)12-11(5)22-15-13(12)16(21)19(8-17-15)7-9(2)3/h8-10H,6-7H2,1-5H3,(H,18,20)/t10-/m0/s1. The monoisotopic (exact) mass is 305 g/mol. The van der Waals surface area contributed by atoms with E-state index in [0.29, 0.717) is 23.8 Å². The van der Waals surface area contributed by atoms with Gasteiger partial charge >= 0.3 is 0 Å². The largest absolute Gasteiger partial charge is 0.442 e. The number of nitrogens with one attached hydrogen (secondary N) is 1. The fourth-order valence-electron chi connectivity index (χ4n) is 2.33. The summed E-state index contributed by atoms with van der Waals surface area (Å²) in [5, 5.41) is 3.14. The van der Waals surface area contributed by atoms with E-state index in [2.05, 4.69) is 10.3 Å². The van der Waals surface area contributed by atoms with E-state index in [4.69, 9.17) is 4.42 Å². The fourth-order valence-corrected chi connectivity index (χ4v) is 2.33. The third-order valence-corrected chi connectivity index (χ3v) is 3.63. The van der Waals surface area contributed by atoms with Crippen molar-refractivity contribution in [1.29, 1.82) is 0 Å². The third kappa shape index (κ3) is 3.05. The Morgan fingerprint density at radius 2 is 2.09 bits per heavy atom. The summed E-state index contributed by atoms with van der Waals surface area (Å²) in [5.74, 6) is 0.442. The Morgan fingerprint density at radius 1 is 1.41 bits per heavy atom. The molecule has 6 heteroatoms. The molecule has 1 atom stereocenters. The number of carbonyl (C=O) groups excluding carboxylic acids is 1. The predicted molar refractivity (Wildman–Crippen MR) is 85.1 cm³/mol. The molecule has 6 nitrogen and oxygen atoms in total. The molecule has 1 N–H and O–H groups in total. The number of carbonyl (C=O) groups is 1. The van der Waals surface area contributed by atoms with Crippen molar-refractivity contribution in [2.75, 3.05) is 0 Å². The molecular formula is C16H23N3O3. The van der Waals surface area contributed by atoms with E-state index in [9.17, 15) is 9.59 Å². The Labute approximate surface area is 129 Å². The van der Waals surface area contributed by atoms with Gasteiger partial charge in [0.1, 0.15) is 17.5 Å². The van der Waals surface area contributed by atoms with Gasteiger partial charge in [-0.1, -0.05) is 20.8 Å². The minimum atomic E-state index is -0.285. The van der Waals surface area contributed by atoms with Crippen LogP contribution in [0.25, 0.3) is 11.1 Å². The Kier molecular flexibility index (Phi) is 4.68. The number of aryl methyl sites for hydroxylation is 1. The number of rotatable bonds is 5. The van der Waals surface area contributed by atoms with Crippen LogP contribution in [0.3, 0.4) is 0 Å². The molecule has 0 aromatic carbocycles. The molecule has 0 aliphatic heterocycles. The predicted octanol–water partition coefficient (Wildman–Crippen LogP) is 2.48. The van der Waals surface area contributed by atoms with Crippen molar-refractivity contribution in [1.82, 2.24) is 14.9 Å². The molecule has 0 unspecified atom stereocenters. The van der Waals surface area contributed by atoms with Crippen molar-refractivity contribution in [3.05, 3.63) is 28.0 Å². The minimum absolute atomic E-state index is 0.0337. The molecule has 0 spiro atoms. The topological polar surface area (TPSA) is 77.1 Å². The van der Waals surface area contributed by atoms with Crippen LogP contribution < -0.4 is 10.9 Å². The highest BCUT2D eigenvalue weighted by Crippen LogP contribution is 2.21. The normalized spacial score (nSPS) is 12.8. The van der Waals surface area contributed by atoms with Gasteiger partial charge in [0.05, 0.1) is 5.56 Å². The molecule has 0 saturated heterocycles. The average Bonchev–Trinajstić information content (AvgIpc) is 2.78. The van der Waals surface area contributed by atoms with E-state index < -0.39 is 0 Å². The molecule has 120 valence electrons. The van der Waals surface area contributed by atoms with Gasteiger partial charge in [0.25, 0.3) is 11.5 Å². The first kappa shape index (κ1) is 16.3. The second-order valence-electron chi connectivity index (χ2n) is 6.09. The second-order valence-corrected chi connectivity index (χ2v) is 6.09. The zero-order valence-corrected chi connectivity index (χ0v) is 13.8. The molecule has 0 saturated carbocycles. The van der Waals surface area contributed by atoms with E-state index in [-0.39, 0.29) is 28.6 Å². The lowest BCUT2D eigenvalue weighted by atomic mass is 10.1. The number of nitrogens with zero attached hydrogens (tertiary/aromatic N) is 2. The molecule has 2 aromatic heterocycles. The lowest BCUT2D eigenvalue weighted by Gasteiger charge is -2.11. The highest BCUT2D eigenvalue weighted by Gasteiger charge is 2.23. The number of hydrogen-bond acceptors (Lipinski definition) is 4. The van der Waals surface area contributed by atoms with Gasteiger partial charge in [-0.25, -0.2) is 4.98 Å². The van der Waals surface area contributed by atoms with Gasteiger partial charge in [-0.3, -0.25) is 14.2 Å². The quantitative estimate of drug-likeness (QED) is 0.920. The summed E-state index contributed by atoms with van der Waals surface area (Å²) in [4.78, 5) is 29.3. The second kappa shape index (κ2) is 6.34. The van der Waals surface area contributed by atoms with Crippen LogP contribution in [0.15, 0.2) is 15.5 Å². The molecule has 22 heavy (non-hydrogen) atoms. The zero-order chi connectivity index (χ0) is 16.4. The molecule has 2 rings (SSSR count). The zero-order valence-electron chi connectivity index (χ0n) is 13.8. The van der Waals surface area contributed by atoms with Crippen molar-refractivity contribution >= 4 is 17.0 Å². The molecule has 0 radical (unpaired) electrons. The van der Waals surface area contributed by atoms with Crippen LogP contribution >= 0.6 is 0 Å². The van der Waals surface area contributed by atoms with Gasteiger partial charge in [-0.2, -0.15) is 0 Å². The molecule has 2 heterocycles. The van der Waals surface area contributed by atoms with Gasteiger partial charge in [0.15, 0.2) is 0 Å². The minimum Gasteiger partial charge on any atom is -0.442 e. The lowest BCUT2D eigenvalue weighted by molar-refractivity contribution is 0.0939. The maximum atomic E-state index is 12.6. The molecule has 0 aliphatic rings. The average molecular weight is 305 g/mol. The number of amides is 1. The summed E-state index contributed by atoms with van der Waals surface area (Å²) in [7, 11) is 0. The van der Waals surface area contributed by atoms with Gasteiger partial charge in [-0.15, -0.1) is 0 Å². The van der Waals surface area contributed by atoms with Crippen LogP contribution in [0.5, 0.6) is 0 Å². The molecule has 0 bridgehead atoms. The summed E-state index contributed by atoms with van der Waals surface area (Å²) in [6, 6.07) is 0.0337. The molecular weight excluding hydrogens is 282 g/mol. The SMILES string of the molecule is CC[C@H](C)NC(=O)c1c(C)oc2ncn(CC(C)C)c(=O)c12. The van der Waals surface area contributed by atoms with E-state index in [1.165, 1.54) is 10.9 Å². The summed E-state index contributed by atoms with van der Waals surface area (Å²) in [6.07, 6.45) is 2.29. The maximum Gasteiger partial charge on any atom is 0.265 e. The summed E-state index contributed by atoms with van der Waals surface area (Å²) < 4.78 is 7.02. The van der Waals surface area contributed by atoms with Crippen molar-refractivity contribution < 1.29 is 9.21 Å². The molecule has 2 aromatic rings. The van der Waals surface area contributed by atoms with Crippen molar-refractivity contribution in [3.8, 4) is 0 Å². The van der Waals surface area contributed by atoms with Crippen LogP contribution in [0.2, 0.25) is 0 Å². The van der Waals surface area contributed by atoms with Crippen molar-refractivity contribution in [2.24, 2.45) is 5.92 Å². The van der Waals surface area contributed by atoms with Crippen LogP contribution in [-0.2, 0) is 6.54 Å². The summed E-state index contributed by atoms with van der Waals surface area (Å²) in [6.45, 7) is 10.2. The van der Waals surface area contributed by atoms with E-state index >= 15 is 0 Å². The van der Waals surface area contributed by atoms with E-state index in [1.54, 1.807) is 6.92 Å². The smallest absolute Gasteiger partial charge is 0.265 e. The first-order valence-corrected chi connectivity index (χ1v) is 7.64. The molecule has 0 aliphatic carbocycles. The van der Waals surface area contributed by atoms with Crippen molar-refractivity contribution in [3.63, 3.8) is 0 Å². The molecule has 0 fully saturated rings. The van der Waals surface area contributed by atoms with Crippen molar-refractivity contribution in [2.45, 2.75) is 53.6 Å². The van der Waals surface area contributed by atoms with E-state index in [1.807, 2.05) is 27.7 Å². The Hall–Kier alpha value is -2.11. The van der Waals surface area contributed by atoms with Gasteiger partial charge in [0.2, 0.25) is 5.71 Å². The highest BCUT2D eigenvalue weighted by molar-refractivity contribution is 6.06. The molecule has 1 amide bonds. The van der Waals surface area contributed by atoms with E-state index in [0.717, 1.165) is 6.42 Å². The Bertz CT molecular complexity index is 743. The van der Waals surface area contributed by atoms with Gasteiger partial charge in [0, 0.05) is 12.6 Å². The first-order chi connectivity index (χ1) is 10.3. The number of furan rings is 1. The summed E-state index contributed by atoms with van der Waals surface area (Å²) in [5.41, 5.74) is 0.285. The Morgan fingerprint density at radius 3 is 2.68 bits per heavy atom. The summed E-state index contributed by atoms with van der Waals surface area (Å²) >= 11 is 0. The lowest BCUT2D eigenvalue weighted by Crippen LogP contribution is -2.33. The highest BCUT2D eigenvalue weighted by atomic mass is 16.3. The van der Waals surface area contributed by atoms with Gasteiger partial charge in [-0.05, 0) is 26.2 Å². The van der Waals surface area contributed by atoms with Crippen LogP contribution in [0.4, 0.5) is 0 Å². The first-order valence-electron chi connectivity index (χ1n) is 7.64. The third-order valence-electron chi connectivity index (χ3n) is 3.63. The van der Waals surface area contributed by atoms with Gasteiger partial charge < -0.3 is 9.73 Å². The maximum absolute atomic E-state index is 12.6.